The second kappa shape index (κ2) is 2.99. The van der Waals surface area contributed by atoms with Crippen LogP contribution in [-0.2, 0) is 5.41 Å². The molecular formula is C12H17NO. The van der Waals surface area contributed by atoms with E-state index in [2.05, 4.69) is 39.0 Å². The van der Waals surface area contributed by atoms with E-state index in [0.717, 1.165) is 11.3 Å². The second-order valence-corrected chi connectivity index (χ2v) is 4.89. The fourth-order valence-electron chi connectivity index (χ4n) is 1.86. The van der Waals surface area contributed by atoms with Gasteiger partial charge in [0.2, 0.25) is 0 Å². The van der Waals surface area contributed by atoms with E-state index in [0.29, 0.717) is 6.61 Å². The summed E-state index contributed by atoms with van der Waals surface area (Å²) in [6.07, 6.45) is 0. The number of rotatable bonds is 0. The Labute approximate surface area is 85.1 Å². The van der Waals surface area contributed by atoms with Crippen molar-refractivity contribution in [3.8, 4) is 5.75 Å². The fraction of sp³-hybridized carbons (Fsp3) is 0.500. The highest BCUT2D eigenvalue weighted by Gasteiger charge is 2.27. The molecule has 0 saturated carbocycles. The van der Waals surface area contributed by atoms with Gasteiger partial charge in [-0.25, -0.2) is 0 Å². The Kier molecular flexibility index (Phi) is 2.04. The Morgan fingerprint density at radius 2 is 2.07 bits per heavy atom. The van der Waals surface area contributed by atoms with E-state index in [9.17, 15) is 0 Å². The Bertz CT molecular complexity index is 352. The molecule has 2 nitrogen and oxygen atoms in total. The molecule has 0 radical (unpaired) electrons. The van der Waals surface area contributed by atoms with E-state index >= 15 is 0 Å². The first-order valence-corrected chi connectivity index (χ1v) is 5.02. The van der Waals surface area contributed by atoms with Gasteiger partial charge in [-0.15, -0.1) is 0 Å². The van der Waals surface area contributed by atoms with Crippen molar-refractivity contribution < 1.29 is 4.74 Å². The first-order chi connectivity index (χ1) is 6.50. The molecule has 0 unspecified atom stereocenters. The number of hydrogen-bond acceptors (Lipinski definition) is 2. The maximum atomic E-state index is 5.93. The highest BCUT2D eigenvalue weighted by Crippen LogP contribution is 2.39. The van der Waals surface area contributed by atoms with Crippen LogP contribution in [0.2, 0.25) is 0 Å². The smallest absolute Gasteiger partial charge is 0.128 e. The maximum absolute atomic E-state index is 5.93. The average molecular weight is 191 g/mol. The molecule has 1 aliphatic heterocycles. The van der Waals surface area contributed by atoms with Crippen molar-refractivity contribution in [2.75, 3.05) is 6.61 Å². The van der Waals surface area contributed by atoms with Crippen LogP contribution in [0.25, 0.3) is 0 Å². The monoisotopic (exact) mass is 191 g/mol. The van der Waals surface area contributed by atoms with Gasteiger partial charge in [0.25, 0.3) is 0 Å². The molecule has 2 heteroatoms. The SMILES string of the molecule is CC(C)(C)c1cccc2c1OC[C@H]2N. The van der Waals surface area contributed by atoms with Gasteiger partial charge >= 0.3 is 0 Å². The summed E-state index contributed by atoms with van der Waals surface area (Å²) in [7, 11) is 0. The number of nitrogens with two attached hydrogens (primary N) is 1. The number of para-hydroxylation sites is 1. The third-order valence-corrected chi connectivity index (χ3v) is 2.66. The van der Waals surface area contributed by atoms with Crippen LogP contribution in [0.1, 0.15) is 37.9 Å². The van der Waals surface area contributed by atoms with Crippen molar-refractivity contribution in [2.24, 2.45) is 5.73 Å². The van der Waals surface area contributed by atoms with E-state index in [-0.39, 0.29) is 11.5 Å². The highest BCUT2D eigenvalue weighted by atomic mass is 16.5. The Morgan fingerprint density at radius 3 is 2.71 bits per heavy atom. The number of fused-ring (bicyclic) bond motifs is 1. The van der Waals surface area contributed by atoms with Gasteiger partial charge in [0, 0.05) is 5.56 Å². The molecule has 76 valence electrons. The zero-order valence-corrected chi connectivity index (χ0v) is 9.00. The highest BCUT2D eigenvalue weighted by molar-refractivity contribution is 5.48. The quantitative estimate of drug-likeness (QED) is 0.683. The summed E-state index contributed by atoms with van der Waals surface area (Å²) >= 11 is 0. The predicted molar refractivity (Wildman–Crippen MR) is 57.6 cm³/mol. The normalized spacial score (nSPS) is 20.4. The molecule has 0 aliphatic carbocycles. The average Bonchev–Trinajstić information content (AvgIpc) is 2.46. The van der Waals surface area contributed by atoms with Gasteiger partial charge in [-0.05, 0) is 11.0 Å². The molecule has 0 amide bonds. The van der Waals surface area contributed by atoms with Gasteiger partial charge in [0.05, 0.1) is 6.04 Å². The molecule has 1 heterocycles. The lowest BCUT2D eigenvalue weighted by molar-refractivity contribution is 0.325. The summed E-state index contributed by atoms with van der Waals surface area (Å²) in [6, 6.07) is 6.29. The number of benzene rings is 1. The molecule has 1 aromatic rings. The van der Waals surface area contributed by atoms with Crippen molar-refractivity contribution in [2.45, 2.75) is 32.2 Å². The van der Waals surface area contributed by atoms with Gasteiger partial charge in [-0.2, -0.15) is 0 Å². The molecule has 0 bridgehead atoms. The van der Waals surface area contributed by atoms with Crippen molar-refractivity contribution in [3.63, 3.8) is 0 Å². The standard InChI is InChI=1S/C12H17NO/c1-12(2,3)9-6-4-5-8-10(13)7-14-11(8)9/h4-6,10H,7,13H2,1-3H3/t10-/m1/s1. The van der Waals surface area contributed by atoms with Crippen LogP contribution in [0.3, 0.4) is 0 Å². The van der Waals surface area contributed by atoms with E-state index in [4.69, 9.17) is 10.5 Å². The number of ether oxygens (including phenoxy) is 1. The zero-order valence-electron chi connectivity index (χ0n) is 9.00. The maximum Gasteiger partial charge on any atom is 0.128 e. The van der Waals surface area contributed by atoms with Crippen molar-refractivity contribution in [1.82, 2.24) is 0 Å². The van der Waals surface area contributed by atoms with Crippen molar-refractivity contribution in [1.29, 1.82) is 0 Å². The lowest BCUT2D eigenvalue weighted by Gasteiger charge is -2.21. The van der Waals surface area contributed by atoms with Crippen LogP contribution in [0.5, 0.6) is 5.75 Å². The minimum atomic E-state index is 0.0484. The molecule has 1 atom stereocenters. The third kappa shape index (κ3) is 1.40. The molecule has 2 rings (SSSR count). The first kappa shape index (κ1) is 9.53. The van der Waals surface area contributed by atoms with Crippen LogP contribution in [-0.4, -0.2) is 6.61 Å². The zero-order chi connectivity index (χ0) is 10.3. The summed E-state index contributed by atoms with van der Waals surface area (Å²) in [4.78, 5) is 0. The summed E-state index contributed by atoms with van der Waals surface area (Å²) in [5, 5.41) is 0. The Morgan fingerprint density at radius 1 is 1.36 bits per heavy atom. The lowest BCUT2D eigenvalue weighted by Crippen LogP contribution is -2.12. The van der Waals surface area contributed by atoms with Gasteiger partial charge in [-0.3, -0.25) is 0 Å². The molecule has 0 spiro atoms. The second-order valence-electron chi connectivity index (χ2n) is 4.89. The van der Waals surface area contributed by atoms with E-state index < -0.39 is 0 Å². The molecule has 0 fully saturated rings. The van der Waals surface area contributed by atoms with Gasteiger partial charge in [0.15, 0.2) is 0 Å². The van der Waals surface area contributed by atoms with Crippen LogP contribution >= 0.6 is 0 Å². The van der Waals surface area contributed by atoms with E-state index in [1.165, 1.54) is 5.56 Å². The van der Waals surface area contributed by atoms with Crippen LogP contribution in [0, 0.1) is 0 Å². The molecular weight excluding hydrogens is 174 g/mol. The third-order valence-electron chi connectivity index (χ3n) is 2.66. The minimum Gasteiger partial charge on any atom is -0.491 e. The largest absolute Gasteiger partial charge is 0.491 e. The lowest BCUT2D eigenvalue weighted by atomic mass is 9.85. The summed E-state index contributed by atoms with van der Waals surface area (Å²) in [5.74, 6) is 1.01. The summed E-state index contributed by atoms with van der Waals surface area (Å²) in [5.41, 5.74) is 8.46. The fourth-order valence-corrected chi connectivity index (χ4v) is 1.86. The molecule has 2 N–H and O–H groups in total. The molecule has 0 saturated heterocycles. The molecule has 0 aromatic heterocycles. The predicted octanol–water partition coefficient (Wildman–Crippen LogP) is 2.38. The first-order valence-electron chi connectivity index (χ1n) is 5.02. The topological polar surface area (TPSA) is 35.2 Å². The Hall–Kier alpha value is -1.02. The van der Waals surface area contributed by atoms with Gasteiger partial charge < -0.3 is 10.5 Å². The van der Waals surface area contributed by atoms with E-state index in [1.54, 1.807) is 0 Å². The number of hydrogen-bond donors (Lipinski definition) is 1. The Balaban J connectivity index is 2.55. The van der Waals surface area contributed by atoms with Crippen LogP contribution < -0.4 is 10.5 Å². The molecule has 1 aliphatic rings. The summed E-state index contributed by atoms with van der Waals surface area (Å²) < 4.78 is 5.64. The van der Waals surface area contributed by atoms with Gasteiger partial charge in [0.1, 0.15) is 12.4 Å². The van der Waals surface area contributed by atoms with Gasteiger partial charge in [-0.1, -0.05) is 39.0 Å². The van der Waals surface area contributed by atoms with Crippen LogP contribution in [0.4, 0.5) is 0 Å². The van der Waals surface area contributed by atoms with Crippen molar-refractivity contribution in [3.05, 3.63) is 29.3 Å². The molecule has 14 heavy (non-hydrogen) atoms. The van der Waals surface area contributed by atoms with E-state index in [1.807, 2.05) is 0 Å². The molecule has 1 aromatic carbocycles. The summed E-state index contributed by atoms with van der Waals surface area (Å²) in [6.45, 7) is 7.18. The minimum absolute atomic E-state index is 0.0484. The van der Waals surface area contributed by atoms with Crippen LogP contribution in [0.15, 0.2) is 18.2 Å². The van der Waals surface area contributed by atoms with Crippen molar-refractivity contribution >= 4 is 0 Å².